The molecule has 0 saturated carbocycles. The van der Waals surface area contributed by atoms with Crippen molar-refractivity contribution in [2.75, 3.05) is 11.4 Å². The van der Waals surface area contributed by atoms with E-state index in [0.29, 0.717) is 23.7 Å². The van der Waals surface area contributed by atoms with Crippen LogP contribution in [-0.2, 0) is 26.0 Å². The molecule has 9 heteroatoms. The predicted octanol–water partition coefficient (Wildman–Crippen LogP) is 1.45. The number of hydrogen-bond acceptors (Lipinski definition) is 5. The highest BCUT2D eigenvalue weighted by molar-refractivity contribution is 7.89. The van der Waals surface area contributed by atoms with Crippen molar-refractivity contribution in [2.24, 2.45) is 5.14 Å². The molecule has 1 fully saturated rings. The second kappa shape index (κ2) is 7.77. The molecule has 27 heavy (non-hydrogen) atoms. The largest absolute Gasteiger partial charge is 0.305 e. The average molecular weight is 408 g/mol. The molecule has 3 N–H and O–H groups in total. The summed E-state index contributed by atoms with van der Waals surface area (Å²) in [6.07, 6.45) is 0.649. The Bertz CT molecular complexity index is 976. The van der Waals surface area contributed by atoms with E-state index in [4.69, 9.17) is 16.7 Å². The van der Waals surface area contributed by atoms with Crippen LogP contribution in [0.3, 0.4) is 0 Å². The normalized spacial score (nSPS) is 17.6. The van der Waals surface area contributed by atoms with Gasteiger partial charge in [-0.05, 0) is 48.9 Å². The first-order chi connectivity index (χ1) is 12.8. The topological polar surface area (TPSA) is 110 Å². The molecule has 0 aromatic heterocycles. The van der Waals surface area contributed by atoms with Crippen LogP contribution in [0.1, 0.15) is 12.0 Å². The van der Waals surface area contributed by atoms with Gasteiger partial charge in [-0.3, -0.25) is 9.59 Å². The quantitative estimate of drug-likeness (QED) is 0.704. The molecule has 0 bridgehead atoms. The fourth-order valence-corrected chi connectivity index (χ4v) is 3.61. The second-order valence-corrected chi connectivity index (χ2v) is 8.19. The van der Waals surface area contributed by atoms with E-state index in [1.807, 2.05) is 0 Å². The van der Waals surface area contributed by atoms with Crippen molar-refractivity contribution < 1.29 is 18.0 Å². The smallest absolute Gasteiger partial charge is 0.251 e. The highest BCUT2D eigenvalue weighted by Crippen LogP contribution is 2.25. The molecular weight excluding hydrogens is 390 g/mol. The zero-order valence-corrected chi connectivity index (χ0v) is 15.8. The molecular formula is C18H18ClN3O4S. The number of carbonyl (C=O) groups is 2. The molecule has 2 amide bonds. The number of benzene rings is 2. The van der Waals surface area contributed by atoms with Gasteiger partial charge in [0.1, 0.15) is 0 Å². The van der Waals surface area contributed by atoms with Crippen LogP contribution in [0.25, 0.3) is 0 Å². The molecule has 0 spiro atoms. The molecule has 3 rings (SSSR count). The van der Waals surface area contributed by atoms with Crippen molar-refractivity contribution in [3.63, 3.8) is 0 Å². The molecule has 1 saturated heterocycles. The van der Waals surface area contributed by atoms with Gasteiger partial charge in [-0.15, -0.1) is 0 Å². The lowest BCUT2D eigenvalue weighted by Gasteiger charge is -2.15. The minimum Gasteiger partial charge on any atom is -0.305 e. The number of rotatable bonds is 6. The van der Waals surface area contributed by atoms with Crippen molar-refractivity contribution in [3.05, 3.63) is 59.1 Å². The Hall–Kier alpha value is -2.26. The monoisotopic (exact) mass is 407 g/mol. The van der Waals surface area contributed by atoms with Gasteiger partial charge in [0.25, 0.3) is 5.91 Å². The van der Waals surface area contributed by atoms with Crippen LogP contribution < -0.4 is 15.4 Å². The van der Waals surface area contributed by atoms with Crippen molar-refractivity contribution in [3.8, 4) is 0 Å². The summed E-state index contributed by atoms with van der Waals surface area (Å²) in [6.45, 7) is 0.460. The minimum atomic E-state index is -3.71. The summed E-state index contributed by atoms with van der Waals surface area (Å²) in [5.74, 6) is -0.593. The summed E-state index contributed by atoms with van der Waals surface area (Å²) in [5, 5.41) is 8.60. The molecule has 142 valence electrons. The van der Waals surface area contributed by atoms with E-state index in [2.05, 4.69) is 5.32 Å². The van der Waals surface area contributed by atoms with Gasteiger partial charge >= 0.3 is 0 Å². The Kier molecular flexibility index (Phi) is 5.61. The van der Waals surface area contributed by atoms with Crippen molar-refractivity contribution in [2.45, 2.75) is 23.8 Å². The Morgan fingerprint density at radius 1 is 1.15 bits per heavy atom. The van der Waals surface area contributed by atoms with Gasteiger partial charge in [-0.2, -0.15) is 0 Å². The third-order valence-electron chi connectivity index (χ3n) is 4.27. The first-order valence-corrected chi connectivity index (χ1v) is 10.2. The summed E-state index contributed by atoms with van der Waals surface area (Å²) in [5.41, 5.74) is 1.35. The average Bonchev–Trinajstić information content (AvgIpc) is 2.88. The number of sulfonamides is 1. The van der Waals surface area contributed by atoms with E-state index in [1.54, 1.807) is 36.4 Å². The summed E-state index contributed by atoms with van der Waals surface area (Å²) >= 11 is 5.94. The maximum absolute atomic E-state index is 12.5. The molecule has 2 aromatic rings. The van der Waals surface area contributed by atoms with Crippen LogP contribution in [0.2, 0.25) is 5.02 Å². The number of nitrogens with two attached hydrogens (primary N) is 1. The fraction of sp³-hybridized carbons (Fsp3) is 0.222. The molecule has 1 heterocycles. The van der Waals surface area contributed by atoms with Crippen LogP contribution >= 0.6 is 11.6 Å². The summed E-state index contributed by atoms with van der Waals surface area (Å²) in [7, 11) is -3.71. The molecule has 1 aliphatic rings. The number of nitrogens with zero attached hydrogens (tertiary/aromatic N) is 1. The van der Waals surface area contributed by atoms with Gasteiger partial charge in [0.15, 0.2) is 0 Å². The van der Waals surface area contributed by atoms with Crippen molar-refractivity contribution in [1.29, 1.82) is 0 Å². The zero-order valence-electron chi connectivity index (χ0n) is 14.3. The standard InChI is InChI=1S/C18H18ClN3O4S/c19-13-2-1-3-14(10-13)22-17(23)11-16(18(22)24)21-9-8-12-4-6-15(7-5-12)27(20,25)26/h1-7,10,16,21H,8-9,11H2,(H2,20,25,26). The molecule has 7 nitrogen and oxygen atoms in total. The van der Waals surface area contributed by atoms with E-state index < -0.39 is 16.1 Å². The van der Waals surface area contributed by atoms with Crippen LogP contribution in [0.15, 0.2) is 53.4 Å². The number of imide groups is 1. The third-order valence-corrected chi connectivity index (χ3v) is 5.43. The molecule has 2 aromatic carbocycles. The fourth-order valence-electron chi connectivity index (χ4n) is 2.91. The van der Waals surface area contributed by atoms with E-state index in [0.717, 1.165) is 10.5 Å². The van der Waals surface area contributed by atoms with Gasteiger partial charge in [-0.1, -0.05) is 29.8 Å². The molecule has 0 radical (unpaired) electrons. The first-order valence-electron chi connectivity index (χ1n) is 8.23. The van der Waals surface area contributed by atoms with Crippen LogP contribution in [0, 0.1) is 0 Å². The Morgan fingerprint density at radius 3 is 2.48 bits per heavy atom. The molecule has 1 atom stereocenters. The molecule has 1 unspecified atom stereocenters. The summed E-state index contributed by atoms with van der Waals surface area (Å²) in [6, 6.07) is 12.2. The Labute approximate surface area is 162 Å². The second-order valence-electron chi connectivity index (χ2n) is 6.20. The van der Waals surface area contributed by atoms with Crippen LogP contribution in [-0.4, -0.2) is 32.8 Å². The minimum absolute atomic E-state index is 0.0490. The van der Waals surface area contributed by atoms with Crippen LogP contribution in [0.5, 0.6) is 0 Å². The van der Waals surface area contributed by atoms with Gasteiger partial charge in [0.2, 0.25) is 15.9 Å². The maximum atomic E-state index is 12.5. The summed E-state index contributed by atoms with van der Waals surface area (Å²) < 4.78 is 22.5. The van der Waals surface area contributed by atoms with Gasteiger partial charge in [-0.25, -0.2) is 18.5 Å². The van der Waals surface area contributed by atoms with E-state index >= 15 is 0 Å². The number of hydrogen-bond donors (Lipinski definition) is 2. The lowest BCUT2D eigenvalue weighted by Crippen LogP contribution is -2.39. The number of amides is 2. The number of anilines is 1. The third kappa shape index (κ3) is 4.54. The zero-order chi connectivity index (χ0) is 19.6. The maximum Gasteiger partial charge on any atom is 0.251 e. The summed E-state index contributed by atoms with van der Waals surface area (Å²) in [4.78, 5) is 26.0. The highest BCUT2D eigenvalue weighted by Gasteiger charge is 2.39. The molecule has 1 aliphatic heterocycles. The highest BCUT2D eigenvalue weighted by atomic mass is 35.5. The lowest BCUT2D eigenvalue weighted by molar-refractivity contribution is -0.121. The Balaban J connectivity index is 1.59. The van der Waals surface area contributed by atoms with Gasteiger partial charge < -0.3 is 5.32 Å². The van der Waals surface area contributed by atoms with E-state index in [9.17, 15) is 18.0 Å². The van der Waals surface area contributed by atoms with Gasteiger partial charge in [0.05, 0.1) is 23.0 Å². The predicted molar refractivity (Wildman–Crippen MR) is 102 cm³/mol. The van der Waals surface area contributed by atoms with Crippen molar-refractivity contribution >= 4 is 39.1 Å². The van der Waals surface area contributed by atoms with E-state index in [-0.39, 0.29) is 23.1 Å². The van der Waals surface area contributed by atoms with Gasteiger partial charge in [0, 0.05) is 5.02 Å². The SMILES string of the molecule is NS(=O)(=O)c1ccc(CCNC2CC(=O)N(c3cccc(Cl)c3)C2=O)cc1. The Morgan fingerprint density at radius 2 is 1.85 bits per heavy atom. The number of nitrogens with one attached hydrogen (secondary N) is 1. The number of carbonyl (C=O) groups excluding carboxylic acids is 2. The number of primary sulfonamides is 1. The molecule has 0 aliphatic carbocycles. The first kappa shape index (κ1) is 19.5. The number of halogens is 1. The van der Waals surface area contributed by atoms with E-state index in [1.165, 1.54) is 12.1 Å². The van der Waals surface area contributed by atoms with Crippen LogP contribution in [0.4, 0.5) is 5.69 Å². The van der Waals surface area contributed by atoms with Crippen molar-refractivity contribution in [1.82, 2.24) is 5.32 Å². The lowest BCUT2D eigenvalue weighted by atomic mass is 10.1.